The van der Waals surface area contributed by atoms with E-state index in [1.54, 1.807) is 0 Å². The molecule has 0 spiro atoms. The molecule has 1 amide bonds. The fourth-order valence-electron chi connectivity index (χ4n) is 4.81. The van der Waals surface area contributed by atoms with Crippen LogP contribution in [0.25, 0.3) is 11.2 Å². The maximum atomic E-state index is 12.4. The number of aromatic nitrogens is 5. The van der Waals surface area contributed by atoms with E-state index < -0.39 is 91.7 Å². The monoisotopic (exact) mass is 740 g/mol. The van der Waals surface area contributed by atoms with Crippen molar-refractivity contribution in [2.75, 3.05) is 18.9 Å². The lowest BCUT2D eigenvalue weighted by molar-refractivity contribution is -0.765. The highest BCUT2D eigenvalue weighted by Crippen LogP contribution is 2.56. The number of fused-ring (bicyclic) bond motifs is 1. The second kappa shape index (κ2) is 13.8. The van der Waals surface area contributed by atoms with Crippen LogP contribution < -0.4 is 35.6 Å². The molecule has 2 fully saturated rings. The fraction of sp³-hybridized carbons (Fsp3) is 0.476. The van der Waals surface area contributed by atoms with Gasteiger partial charge in [-0.05, 0) is 6.07 Å². The van der Waals surface area contributed by atoms with Gasteiger partial charge in [0.2, 0.25) is 0 Å². The van der Waals surface area contributed by atoms with E-state index in [9.17, 15) is 53.4 Å². The van der Waals surface area contributed by atoms with E-state index in [0.717, 1.165) is 17.2 Å². The summed E-state index contributed by atoms with van der Waals surface area (Å²) in [6.45, 7) is -2.27. The van der Waals surface area contributed by atoms with Crippen molar-refractivity contribution in [3.63, 3.8) is 0 Å². The molecule has 0 aromatic carbocycles. The number of carbonyl (C=O) groups is 1. The lowest BCUT2D eigenvalue weighted by Crippen LogP contribution is -2.46. The zero-order valence-corrected chi connectivity index (χ0v) is 26.5. The second-order valence-corrected chi connectivity index (χ2v) is 14.2. The Morgan fingerprint density at radius 3 is 2.25 bits per heavy atom. The lowest BCUT2D eigenvalue weighted by atomic mass is 10.1. The summed E-state index contributed by atoms with van der Waals surface area (Å²) in [6.07, 6.45) is -9.25. The molecule has 0 saturated carbocycles. The third kappa shape index (κ3) is 8.12. The Morgan fingerprint density at radius 2 is 1.62 bits per heavy atom. The number of carbonyl (C=O) groups excluding carboxylic acids is 1. The molecule has 10 unspecified atom stereocenters. The number of aliphatic hydroxyl groups is 3. The smallest absolute Gasteiger partial charge is 0.292 e. The highest BCUT2D eigenvalue weighted by molar-refractivity contribution is 7.59. The molecule has 3 aromatic heterocycles. The average Bonchev–Trinajstić information content (AvgIpc) is 3.64. The summed E-state index contributed by atoms with van der Waals surface area (Å²) in [5, 5.41) is 31.4. The number of hydrogen-bond acceptors (Lipinski definition) is 21. The minimum Gasteiger partial charge on any atom is -0.790 e. The summed E-state index contributed by atoms with van der Waals surface area (Å²) in [6, 6.07) is 2.75. The van der Waals surface area contributed by atoms with Gasteiger partial charge in [-0.15, -0.1) is 0 Å². The summed E-state index contributed by atoms with van der Waals surface area (Å²) >= 11 is 0. The highest BCUT2D eigenvalue weighted by atomic mass is 31.3. The molecule has 10 atom stereocenters. The van der Waals surface area contributed by atoms with Crippen molar-refractivity contribution < 1.29 is 85.3 Å². The van der Waals surface area contributed by atoms with E-state index in [0.29, 0.717) is 0 Å². The summed E-state index contributed by atoms with van der Waals surface area (Å²) in [7, 11) is -17.5. The Kier molecular flexibility index (Phi) is 10.5. The number of pyridine rings is 1. The van der Waals surface area contributed by atoms with Gasteiger partial charge in [0, 0.05) is 6.07 Å². The SMILES string of the molecule is NC(=O)c1ccc[n+](C2OC(COP(=O)([O-])OP(=O)([O-])OCC3OC(n4cnc5c(N)ncnc54)C(OP(=O)([O-])[O-])C3O)C(O)C2O)c1. The minimum absolute atomic E-state index is 0.0155. The van der Waals surface area contributed by atoms with Crippen LogP contribution in [0.4, 0.5) is 5.82 Å². The van der Waals surface area contributed by atoms with Gasteiger partial charge in [0.1, 0.15) is 47.9 Å². The number of nitrogen functional groups attached to an aromatic ring is 1. The van der Waals surface area contributed by atoms with Crippen LogP contribution in [0.1, 0.15) is 22.8 Å². The number of amides is 1. The molecular formula is C21H25N7O17P3-3. The van der Waals surface area contributed by atoms with Gasteiger partial charge in [0.05, 0.1) is 27.4 Å². The number of aliphatic hydroxyl groups excluding tert-OH is 3. The quantitative estimate of drug-likeness (QED) is 0.0806. The van der Waals surface area contributed by atoms with E-state index in [-0.39, 0.29) is 22.5 Å². The van der Waals surface area contributed by atoms with Gasteiger partial charge in [-0.1, -0.05) is 0 Å². The predicted octanol–water partition coefficient (Wildman–Crippen LogP) is -5.43. The molecule has 2 saturated heterocycles. The van der Waals surface area contributed by atoms with Crippen molar-refractivity contribution in [2.45, 2.75) is 49.1 Å². The van der Waals surface area contributed by atoms with E-state index in [1.165, 1.54) is 29.1 Å². The highest BCUT2D eigenvalue weighted by Gasteiger charge is 2.49. The van der Waals surface area contributed by atoms with Crippen molar-refractivity contribution in [1.82, 2.24) is 19.5 Å². The van der Waals surface area contributed by atoms with Crippen LogP contribution in [0.15, 0.2) is 37.2 Å². The first-order valence-electron chi connectivity index (χ1n) is 13.3. The third-order valence-electron chi connectivity index (χ3n) is 6.96. The molecule has 48 heavy (non-hydrogen) atoms. The van der Waals surface area contributed by atoms with E-state index in [4.69, 9.17) is 20.9 Å². The Bertz CT molecular complexity index is 1810. The van der Waals surface area contributed by atoms with Crippen LogP contribution in [-0.4, -0.2) is 90.6 Å². The van der Waals surface area contributed by atoms with Gasteiger partial charge in [-0.2, -0.15) is 4.57 Å². The molecule has 2 aliphatic heterocycles. The molecule has 0 aliphatic carbocycles. The Labute approximate surface area is 267 Å². The number of phosphoric acid groups is 3. The summed E-state index contributed by atoms with van der Waals surface area (Å²) in [4.78, 5) is 70.6. The summed E-state index contributed by atoms with van der Waals surface area (Å²) in [5.74, 6) is -0.906. The molecule has 0 bridgehead atoms. The maximum Gasteiger partial charge on any atom is 0.292 e. The number of imidazole rings is 1. The average molecular weight is 740 g/mol. The van der Waals surface area contributed by atoms with E-state index in [1.807, 2.05) is 0 Å². The normalized spacial score (nSPS) is 30.3. The number of primary amides is 1. The standard InChI is InChI=1S/C21H28N7O17P3/c22-17-12-19(25-7-24-17)28(8-26-12)21-16(44-46(33,34)35)14(30)11(43-21)6-41-48(38,39)45-47(36,37)40-5-10-13(29)15(31)20(42-10)27-3-1-2-9(4-27)18(23)32/h1-4,7-8,10-11,13-16,20-21,29-31H,5-6H2,(H7-,22,23,24,25,32,33,34,35,36,37,38,39)/p-3. The van der Waals surface area contributed by atoms with Crippen LogP contribution in [0.5, 0.6) is 0 Å². The van der Waals surface area contributed by atoms with E-state index in [2.05, 4.69) is 32.8 Å². The first-order chi connectivity index (χ1) is 22.4. The number of nitrogens with zero attached hydrogens (tertiary/aromatic N) is 5. The van der Waals surface area contributed by atoms with Gasteiger partial charge in [-0.3, -0.25) is 18.5 Å². The molecule has 2 aliphatic rings. The molecular weight excluding hydrogens is 715 g/mol. The van der Waals surface area contributed by atoms with Crippen LogP contribution in [0.2, 0.25) is 0 Å². The van der Waals surface area contributed by atoms with Gasteiger partial charge in [0.15, 0.2) is 36.2 Å². The van der Waals surface area contributed by atoms with Crippen molar-refractivity contribution in [3.05, 3.63) is 42.7 Å². The Morgan fingerprint density at radius 1 is 0.979 bits per heavy atom. The van der Waals surface area contributed by atoms with Crippen molar-refractivity contribution >= 4 is 46.4 Å². The fourth-order valence-corrected chi connectivity index (χ4v) is 7.35. The van der Waals surface area contributed by atoms with Crippen LogP contribution in [0, 0.1) is 0 Å². The first kappa shape index (κ1) is 36.4. The van der Waals surface area contributed by atoms with Crippen LogP contribution in [-0.2, 0) is 41.1 Å². The summed E-state index contributed by atoms with van der Waals surface area (Å²) in [5.41, 5.74) is 10.9. The molecule has 27 heteroatoms. The predicted molar refractivity (Wildman–Crippen MR) is 141 cm³/mol. The third-order valence-corrected chi connectivity index (χ3v) is 9.99. The number of ether oxygens (including phenoxy) is 2. The van der Waals surface area contributed by atoms with Crippen molar-refractivity contribution in [1.29, 1.82) is 0 Å². The Balaban J connectivity index is 1.21. The number of phosphoric ester groups is 3. The molecule has 7 N–H and O–H groups in total. The number of nitrogens with two attached hydrogens (primary N) is 2. The zero-order chi connectivity index (χ0) is 35.2. The first-order valence-corrected chi connectivity index (χ1v) is 17.7. The Hall–Kier alpha value is -2.86. The van der Waals surface area contributed by atoms with Crippen LogP contribution in [0.3, 0.4) is 0 Å². The van der Waals surface area contributed by atoms with Gasteiger partial charge >= 0.3 is 0 Å². The number of anilines is 1. The minimum atomic E-state index is -5.86. The van der Waals surface area contributed by atoms with Gasteiger partial charge in [-0.25, -0.2) is 19.3 Å². The topological polar surface area (TPSA) is 376 Å². The molecule has 24 nitrogen and oxygen atoms in total. The van der Waals surface area contributed by atoms with Gasteiger partial charge < -0.3 is 74.0 Å². The molecule has 264 valence electrons. The lowest BCUT2D eigenvalue weighted by Gasteiger charge is -2.34. The maximum absolute atomic E-state index is 12.4. The zero-order valence-electron chi connectivity index (χ0n) is 23.8. The largest absolute Gasteiger partial charge is 0.790 e. The second-order valence-electron chi connectivity index (χ2n) is 10.2. The molecule has 5 rings (SSSR count). The molecule has 3 aromatic rings. The van der Waals surface area contributed by atoms with Crippen molar-refractivity contribution in [3.8, 4) is 0 Å². The number of hydrogen-bond donors (Lipinski definition) is 5. The van der Waals surface area contributed by atoms with Gasteiger partial charge in [0.25, 0.3) is 27.8 Å². The van der Waals surface area contributed by atoms with Crippen molar-refractivity contribution in [2.24, 2.45) is 5.73 Å². The molecule has 5 heterocycles. The molecule has 0 radical (unpaired) electrons. The number of rotatable bonds is 13. The van der Waals surface area contributed by atoms with Crippen LogP contribution >= 0.6 is 23.5 Å². The van der Waals surface area contributed by atoms with E-state index >= 15 is 0 Å². The summed E-state index contributed by atoms with van der Waals surface area (Å²) < 4.78 is 66.7.